The fraction of sp³-hybridized carbons (Fsp3) is 0.467. The number of hydrogen-bond donors (Lipinski definition) is 2. The summed E-state index contributed by atoms with van der Waals surface area (Å²) >= 11 is 0. The lowest BCUT2D eigenvalue weighted by Gasteiger charge is -2.18. The van der Waals surface area contributed by atoms with Gasteiger partial charge in [-0.3, -0.25) is 4.79 Å². The highest BCUT2D eigenvalue weighted by molar-refractivity contribution is 5.78. The third-order valence-electron chi connectivity index (χ3n) is 3.40. The molecule has 112 valence electrons. The smallest absolute Gasteiger partial charge is 0.223 e. The lowest BCUT2D eigenvalue weighted by molar-refractivity contribution is -0.125. The van der Waals surface area contributed by atoms with E-state index < -0.39 is 0 Å². The van der Waals surface area contributed by atoms with Crippen molar-refractivity contribution < 1.29 is 4.79 Å². The van der Waals surface area contributed by atoms with Crippen molar-refractivity contribution in [3.63, 3.8) is 0 Å². The summed E-state index contributed by atoms with van der Waals surface area (Å²) in [7, 11) is 0. The summed E-state index contributed by atoms with van der Waals surface area (Å²) in [5.74, 6) is 0.456. The molecule has 0 bridgehead atoms. The molecular weight excluding hydrogens is 266 g/mol. The van der Waals surface area contributed by atoms with Gasteiger partial charge >= 0.3 is 0 Å². The number of rotatable bonds is 7. The Morgan fingerprint density at radius 1 is 1.33 bits per heavy atom. The van der Waals surface area contributed by atoms with Crippen molar-refractivity contribution in [2.45, 2.75) is 39.2 Å². The molecule has 0 saturated carbocycles. The van der Waals surface area contributed by atoms with Gasteiger partial charge in [0.1, 0.15) is 0 Å². The van der Waals surface area contributed by atoms with Gasteiger partial charge < -0.3 is 5.32 Å². The van der Waals surface area contributed by atoms with Crippen molar-refractivity contribution in [1.82, 2.24) is 25.9 Å². The zero-order valence-corrected chi connectivity index (χ0v) is 12.4. The number of carbonyl (C=O) groups is 1. The maximum atomic E-state index is 12.3. The van der Waals surface area contributed by atoms with Crippen LogP contribution in [0.25, 0.3) is 0 Å². The van der Waals surface area contributed by atoms with Gasteiger partial charge in [0.15, 0.2) is 5.82 Å². The molecule has 0 fully saturated rings. The minimum Gasteiger partial charge on any atom is -0.346 e. The van der Waals surface area contributed by atoms with Crippen LogP contribution >= 0.6 is 0 Å². The first kappa shape index (κ1) is 15.2. The van der Waals surface area contributed by atoms with Crippen molar-refractivity contribution in [3.05, 3.63) is 41.7 Å². The molecule has 6 nitrogen and oxygen atoms in total. The molecule has 0 saturated heterocycles. The highest BCUT2D eigenvalue weighted by Gasteiger charge is 2.21. The van der Waals surface area contributed by atoms with Crippen LogP contribution in [-0.4, -0.2) is 26.5 Å². The van der Waals surface area contributed by atoms with Crippen LogP contribution in [0, 0.1) is 5.92 Å². The second-order valence-corrected chi connectivity index (χ2v) is 5.21. The number of aromatic amines is 1. The summed E-state index contributed by atoms with van der Waals surface area (Å²) in [5, 5.41) is 16.9. The Morgan fingerprint density at radius 3 is 2.71 bits per heavy atom. The normalized spacial score (nSPS) is 13.6. The van der Waals surface area contributed by atoms with Crippen molar-refractivity contribution >= 4 is 5.91 Å². The topological polar surface area (TPSA) is 83.6 Å². The third kappa shape index (κ3) is 4.37. The van der Waals surface area contributed by atoms with Gasteiger partial charge in [0, 0.05) is 5.92 Å². The molecular formula is C15H21N5O. The molecule has 2 aromatic rings. The molecule has 1 aromatic carbocycles. The molecule has 2 atom stereocenters. The zero-order chi connectivity index (χ0) is 15.1. The maximum Gasteiger partial charge on any atom is 0.223 e. The van der Waals surface area contributed by atoms with E-state index in [9.17, 15) is 4.79 Å². The number of carbonyl (C=O) groups excluding carboxylic acids is 1. The lowest BCUT2D eigenvalue weighted by atomic mass is 9.99. The van der Waals surface area contributed by atoms with E-state index in [-0.39, 0.29) is 17.9 Å². The van der Waals surface area contributed by atoms with Crippen molar-refractivity contribution in [2.75, 3.05) is 0 Å². The molecule has 0 spiro atoms. The fourth-order valence-corrected chi connectivity index (χ4v) is 2.25. The Labute approximate surface area is 124 Å². The van der Waals surface area contributed by atoms with E-state index in [0.29, 0.717) is 5.82 Å². The average Bonchev–Trinajstić information content (AvgIpc) is 3.02. The van der Waals surface area contributed by atoms with E-state index in [1.54, 1.807) is 0 Å². The Bertz CT molecular complexity index is 540. The average molecular weight is 287 g/mol. The van der Waals surface area contributed by atoms with E-state index in [1.807, 2.05) is 37.3 Å². The first-order valence-corrected chi connectivity index (χ1v) is 7.28. The summed E-state index contributed by atoms with van der Waals surface area (Å²) in [6.45, 7) is 3.99. The van der Waals surface area contributed by atoms with E-state index >= 15 is 0 Å². The number of aromatic nitrogens is 4. The van der Waals surface area contributed by atoms with Gasteiger partial charge in [-0.1, -0.05) is 55.8 Å². The molecule has 0 aliphatic heterocycles. The predicted molar refractivity (Wildman–Crippen MR) is 79.3 cm³/mol. The highest BCUT2D eigenvalue weighted by atomic mass is 16.1. The van der Waals surface area contributed by atoms with Crippen LogP contribution in [0.1, 0.15) is 44.1 Å². The molecule has 1 heterocycles. The SMILES string of the molecule is CCC[C@@H](NC(=O)[C@@H](C)Cc1ccccc1)c1nn[nH]n1. The minimum absolute atomic E-state index is 0.0158. The summed E-state index contributed by atoms with van der Waals surface area (Å²) < 4.78 is 0. The summed E-state index contributed by atoms with van der Waals surface area (Å²) in [5.41, 5.74) is 1.16. The van der Waals surface area contributed by atoms with Gasteiger partial charge in [-0.2, -0.15) is 5.21 Å². The third-order valence-corrected chi connectivity index (χ3v) is 3.40. The Balaban J connectivity index is 1.95. The van der Waals surface area contributed by atoms with Crippen LogP contribution in [0.2, 0.25) is 0 Å². The van der Waals surface area contributed by atoms with Crippen LogP contribution in [0.3, 0.4) is 0 Å². The van der Waals surface area contributed by atoms with Gasteiger partial charge in [-0.25, -0.2) is 0 Å². The quantitative estimate of drug-likeness (QED) is 0.816. The highest BCUT2D eigenvalue weighted by Crippen LogP contribution is 2.15. The Hall–Kier alpha value is -2.24. The number of nitrogens with one attached hydrogen (secondary N) is 2. The molecule has 0 aliphatic carbocycles. The number of hydrogen-bond acceptors (Lipinski definition) is 4. The van der Waals surface area contributed by atoms with Crippen LogP contribution in [0.4, 0.5) is 0 Å². The zero-order valence-electron chi connectivity index (χ0n) is 12.4. The molecule has 2 rings (SSSR count). The molecule has 6 heteroatoms. The first-order chi connectivity index (χ1) is 10.2. The van der Waals surface area contributed by atoms with Crippen LogP contribution < -0.4 is 5.32 Å². The Kier molecular flexibility index (Phi) is 5.43. The fourth-order valence-electron chi connectivity index (χ4n) is 2.25. The number of H-pyrrole nitrogens is 1. The standard InChI is InChI=1S/C15H21N5O/c1-3-7-13(14-17-19-20-18-14)16-15(21)11(2)10-12-8-5-4-6-9-12/h4-6,8-9,11,13H,3,7,10H2,1-2H3,(H,16,21)(H,17,18,19,20)/t11-,13+/m0/s1. The molecule has 0 radical (unpaired) electrons. The number of benzene rings is 1. The second kappa shape index (κ2) is 7.52. The van der Waals surface area contributed by atoms with Gasteiger partial charge in [0.05, 0.1) is 6.04 Å². The predicted octanol–water partition coefficient (Wildman–Crippen LogP) is 2.04. The molecule has 1 aromatic heterocycles. The van der Waals surface area contributed by atoms with Gasteiger partial charge in [-0.05, 0) is 18.4 Å². The number of tetrazole rings is 1. The van der Waals surface area contributed by atoms with E-state index in [4.69, 9.17) is 0 Å². The van der Waals surface area contributed by atoms with Crippen molar-refractivity contribution in [1.29, 1.82) is 0 Å². The first-order valence-electron chi connectivity index (χ1n) is 7.28. The number of nitrogens with zero attached hydrogens (tertiary/aromatic N) is 3. The molecule has 1 amide bonds. The molecule has 0 aliphatic rings. The Morgan fingerprint density at radius 2 is 2.10 bits per heavy atom. The van der Waals surface area contributed by atoms with E-state index in [0.717, 1.165) is 24.8 Å². The van der Waals surface area contributed by atoms with Gasteiger partial charge in [0.2, 0.25) is 5.91 Å². The van der Waals surface area contributed by atoms with Crippen LogP contribution in [0.5, 0.6) is 0 Å². The monoisotopic (exact) mass is 287 g/mol. The minimum atomic E-state index is -0.181. The van der Waals surface area contributed by atoms with E-state index in [2.05, 4.69) is 32.9 Å². The lowest BCUT2D eigenvalue weighted by Crippen LogP contribution is -2.34. The summed E-state index contributed by atoms with van der Waals surface area (Å²) in [6, 6.07) is 9.83. The van der Waals surface area contributed by atoms with E-state index in [1.165, 1.54) is 0 Å². The van der Waals surface area contributed by atoms with Crippen molar-refractivity contribution in [3.8, 4) is 0 Å². The summed E-state index contributed by atoms with van der Waals surface area (Å²) in [6.07, 6.45) is 2.45. The van der Waals surface area contributed by atoms with Crippen LogP contribution in [-0.2, 0) is 11.2 Å². The van der Waals surface area contributed by atoms with Gasteiger partial charge in [-0.15, -0.1) is 10.2 Å². The summed E-state index contributed by atoms with van der Waals surface area (Å²) in [4.78, 5) is 12.3. The largest absolute Gasteiger partial charge is 0.346 e. The maximum absolute atomic E-state index is 12.3. The number of amides is 1. The molecule has 21 heavy (non-hydrogen) atoms. The second-order valence-electron chi connectivity index (χ2n) is 5.21. The molecule has 2 N–H and O–H groups in total. The van der Waals surface area contributed by atoms with Crippen LogP contribution in [0.15, 0.2) is 30.3 Å². The molecule has 0 unspecified atom stereocenters. The van der Waals surface area contributed by atoms with Gasteiger partial charge in [0.25, 0.3) is 0 Å². The van der Waals surface area contributed by atoms with Crippen molar-refractivity contribution in [2.24, 2.45) is 5.92 Å².